The van der Waals surface area contributed by atoms with Crippen LogP contribution in [0.4, 0.5) is 8.78 Å². The zero-order valence-corrected chi connectivity index (χ0v) is 17.8. The second-order valence-electron chi connectivity index (χ2n) is 8.68. The number of nitrogens with one attached hydrogen (secondary N) is 1. The number of fused-ring (bicyclic) bond motifs is 1. The first-order valence-electron chi connectivity index (χ1n) is 10.7. The van der Waals surface area contributed by atoms with E-state index < -0.39 is 11.8 Å². The standard InChI is InChI=1S/C25H30F2N2O/c1-17(2)28-14-19-4-6-20(7-5-19)15-29-11-10-21-12-23(8-9-24(21)18(29)3)30-16-22-13-25(22,26)27/h4-9,12,18,22,28H,1,10-11,13-16H2,2-3H3. The van der Waals surface area contributed by atoms with Crippen molar-refractivity contribution in [1.29, 1.82) is 0 Å². The zero-order valence-electron chi connectivity index (χ0n) is 17.8. The zero-order chi connectivity index (χ0) is 21.3. The van der Waals surface area contributed by atoms with Crippen molar-refractivity contribution in [1.82, 2.24) is 10.2 Å². The predicted molar refractivity (Wildman–Crippen MR) is 116 cm³/mol. The molecule has 1 saturated carbocycles. The van der Waals surface area contributed by atoms with E-state index in [1.807, 2.05) is 19.1 Å². The number of alkyl halides is 2. The quantitative estimate of drug-likeness (QED) is 0.623. The smallest absolute Gasteiger partial charge is 0.255 e. The second kappa shape index (κ2) is 8.38. The van der Waals surface area contributed by atoms with E-state index in [0.29, 0.717) is 11.8 Å². The number of benzene rings is 2. The van der Waals surface area contributed by atoms with E-state index in [1.165, 1.54) is 22.3 Å². The summed E-state index contributed by atoms with van der Waals surface area (Å²) in [6.07, 6.45) is 0.895. The van der Waals surface area contributed by atoms with Crippen molar-refractivity contribution in [3.63, 3.8) is 0 Å². The van der Waals surface area contributed by atoms with Crippen LogP contribution in [0, 0.1) is 5.92 Å². The lowest BCUT2D eigenvalue weighted by Gasteiger charge is -2.35. The minimum atomic E-state index is -2.53. The predicted octanol–water partition coefficient (Wildman–Crippen LogP) is 5.46. The van der Waals surface area contributed by atoms with Gasteiger partial charge in [0.2, 0.25) is 0 Å². The summed E-state index contributed by atoms with van der Waals surface area (Å²) in [5, 5.41) is 3.26. The van der Waals surface area contributed by atoms with Crippen LogP contribution in [-0.4, -0.2) is 24.0 Å². The van der Waals surface area contributed by atoms with Gasteiger partial charge in [-0.1, -0.05) is 36.9 Å². The molecule has 3 nitrogen and oxygen atoms in total. The summed E-state index contributed by atoms with van der Waals surface area (Å²) in [6, 6.07) is 15.1. The molecule has 1 N–H and O–H groups in total. The first-order valence-corrected chi connectivity index (χ1v) is 10.7. The maximum atomic E-state index is 13.0. The van der Waals surface area contributed by atoms with Gasteiger partial charge in [0, 0.05) is 37.8 Å². The molecule has 30 heavy (non-hydrogen) atoms. The molecule has 2 unspecified atom stereocenters. The maximum absolute atomic E-state index is 13.0. The molecule has 2 aliphatic rings. The number of rotatable bonds is 8. The van der Waals surface area contributed by atoms with Crippen molar-refractivity contribution in [3.05, 3.63) is 77.0 Å². The molecule has 1 fully saturated rings. The van der Waals surface area contributed by atoms with Crippen molar-refractivity contribution in [2.45, 2.75) is 51.7 Å². The van der Waals surface area contributed by atoms with Gasteiger partial charge >= 0.3 is 0 Å². The molecule has 0 spiro atoms. The van der Waals surface area contributed by atoms with Crippen molar-refractivity contribution in [2.24, 2.45) is 5.92 Å². The fourth-order valence-corrected chi connectivity index (χ4v) is 4.06. The molecule has 0 bridgehead atoms. The number of hydrogen-bond donors (Lipinski definition) is 1. The Kier molecular flexibility index (Phi) is 5.83. The summed E-state index contributed by atoms with van der Waals surface area (Å²) in [4.78, 5) is 2.48. The largest absolute Gasteiger partial charge is 0.493 e. The third-order valence-electron chi connectivity index (χ3n) is 6.19. The lowest BCUT2D eigenvalue weighted by atomic mass is 9.93. The van der Waals surface area contributed by atoms with Crippen molar-refractivity contribution in [2.75, 3.05) is 13.2 Å². The van der Waals surface area contributed by atoms with Gasteiger partial charge < -0.3 is 10.1 Å². The highest BCUT2D eigenvalue weighted by atomic mass is 19.3. The van der Waals surface area contributed by atoms with Crippen LogP contribution in [-0.2, 0) is 19.5 Å². The Labute approximate surface area is 177 Å². The molecule has 2 atom stereocenters. The second-order valence-corrected chi connectivity index (χ2v) is 8.68. The van der Waals surface area contributed by atoms with Crippen LogP contribution in [0.1, 0.15) is 48.6 Å². The number of halogens is 2. The van der Waals surface area contributed by atoms with Crippen LogP contribution in [0.5, 0.6) is 5.75 Å². The molecule has 0 saturated heterocycles. The molecule has 0 amide bonds. The minimum absolute atomic E-state index is 0.0463. The van der Waals surface area contributed by atoms with Gasteiger partial charge in [0.25, 0.3) is 5.92 Å². The summed E-state index contributed by atoms with van der Waals surface area (Å²) in [5.74, 6) is -2.44. The van der Waals surface area contributed by atoms with E-state index in [0.717, 1.165) is 31.8 Å². The Morgan fingerprint density at radius 3 is 2.57 bits per heavy atom. The van der Waals surface area contributed by atoms with Crippen LogP contribution in [0.15, 0.2) is 54.7 Å². The van der Waals surface area contributed by atoms with Gasteiger partial charge in [0.05, 0.1) is 12.5 Å². The Morgan fingerprint density at radius 1 is 1.20 bits per heavy atom. The Bertz CT molecular complexity index is 910. The summed E-state index contributed by atoms with van der Waals surface area (Å²) >= 11 is 0. The van der Waals surface area contributed by atoms with Gasteiger partial charge in [0.1, 0.15) is 5.75 Å². The fraction of sp³-hybridized carbons (Fsp3) is 0.440. The minimum Gasteiger partial charge on any atom is -0.493 e. The third kappa shape index (κ3) is 4.84. The molecule has 4 rings (SSSR count). The number of nitrogens with zero attached hydrogens (tertiary/aromatic N) is 1. The lowest BCUT2D eigenvalue weighted by Crippen LogP contribution is -2.33. The first-order chi connectivity index (χ1) is 14.3. The van der Waals surface area contributed by atoms with Crippen molar-refractivity contribution in [3.8, 4) is 5.75 Å². The van der Waals surface area contributed by atoms with Gasteiger partial charge in [-0.05, 0) is 54.7 Å². The van der Waals surface area contributed by atoms with E-state index in [-0.39, 0.29) is 13.0 Å². The van der Waals surface area contributed by atoms with Gasteiger partial charge in [-0.3, -0.25) is 4.90 Å². The highest BCUT2D eigenvalue weighted by molar-refractivity contribution is 5.39. The monoisotopic (exact) mass is 412 g/mol. The number of hydrogen-bond acceptors (Lipinski definition) is 3. The highest BCUT2D eigenvalue weighted by Gasteiger charge is 2.57. The molecule has 1 aliphatic carbocycles. The van der Waals surface area contributed by atoms with Gasteiger partial charge in [-0.25, -0.2) is 8.78 Å². The molecule has 1 heterocycles. The molecular formula is C25H30F2N2O. The SMILES string of the molecule is C=C(C)NCc1ccc(CN2CCc3cc(OCC4CC4(F)F)ccc3C2C)cc1. The first kappa shape index (κ1) is 20.9. The lowest BCUT2D eigenvalue weighted by molar-refractivity contribution is 0.0856. The molecule has 5 heteroatoms. The molecule has 1 aliphatic heterocycles. The summed E-state index contributed by atoms with van der Waals surface area (Å²) < 4.78 is 31.7. The average Bonchev–Trinajstić information content (AvgIpc) is 3.34. The Hall–Kier alpha value is -2.40. The summed E-state index contributed by atoms with van der Waals surface area (Å²) in [5.41, 5.74) is 6.08. The molecule has 0 aromatic heterocycles. The molecule has 2 aromatic carbocycles. The van der Waals surface area contributed by atoms with Gasteiger partial charge in [0.15, 0.2) is 0 Å². The van der Waals surface area contributed by atoms with Crippen LogP contribution in [0.25, 0.3) is 0 Å². The normalized spacial score (nSPS) is 22.3. The summed E-state index contributed by atoms with van der Waals surface area (Å²) in [7, 11) is 0. The third-order valence-corrected chi connectivity index (χ3v) is 6.19. The van der Waals surface area contributed by atoms with E-state index >= 15 is 0 Å². The van der Waals surface area contributed by atoms with Gasteiger partial charge in [-0.15, -0.1) is 0 Å². The van der Waals surface area contributed by atoms with E-state index in [4.69, 9.17) is 4.74 Å². The van der Waals surface area contributed by atoms with Crippen molar-refractivity contribution >= 4 is 0 Å². The fourth-order valence-electron chi connectivity index (χ4n) is 4.06. The van der Waals surface area contributed by atoms with E-state index in [2.05, 4.69) is 54.1 Å². The average molecular weight is 413 g/mol. The van der Waals surface area contributed by atoms with E-state index in [9.17, 15) is 8.78 Å². The topological polar surface area (TPSA) is 24.5 Å². The van der Waals surface area contributed by atoms with Gasteiger partial charge in [-0.2, -0.15) is 0 Å². The Balaban J connectivity index is 1.35. The number of ether oxygens (including phenoxy) is 1. The highest BCUT2D eigenvalue weighted by Crippen LogP contribution is 2.48. The molecule has 160 valence electrons. The molecular weight excluding hydrogens is 382 g/mol. The summed E-state index contributed by atoms with van der Waals surface area (Å²) in [6.45, 7) is 10.8. The van der Waals surface area contributed by atoms with Crippen molar-refractivity contribution < 1.29 is 13.5 Å². The van der Waals surface area contributed by atoms with Crippen LogP contribution in [0.3, 0.4) is 0 Å². The van der Waals surface area contributed by atoms with Crippen LogP contribution < -0.4 is 10.1 Å². The maximum Gasteiger partial charge on any atom is 0.255 e. The van der Waals surface area contributed by atoms with Crippen LogP contribution in [0.2, 0.25) is 0 Å². The molecule has 2 aromatic rings. The number of allylic oxidation sites excluding steroid dienone is 1. The van der Waals surface area contributed by atoms with E-state index in [1.54, 1.807) is 0 Å². The van der Waals surface area contributed by atoms with Crippen LogP contribution >= 0.6 is 0 Å². The molecule has 0 radical (unpaired) electrons. The Morgan fingerprint density at radius 2 is 1.90 bits per heavy atom.